The van der Waals surface area contributed by atoms with Crippen LogP contribution in [0.25, 0.3) is 0 Å². The molecular weight excluding hydrogens is 313 g/mol. The summed E-state index contributed by atoms with van der Waals surface area (Å²) in [4.78, 5) is 18.2. The van der Waals surface area contributed by atoms with Gasteiger partial charge >= 0.3 is 0 Å². The minimum absolute atomic E-state index is 0. The molecule has 0 aliphatic carbocycles. The van der Waals surface area contributed by atoms with Gasteiger partial charge in [0, 0.05) is 70.6 Å². The Bertz CT molecular complexity index is 142. The summed E-state index contributed by atoms with van der Waals surface area (Å²) in [6, 6.07) is 0. The van der Waals surface area contributed by atoms with E-state index in [1.165, 1.54) is 0 Å². The third-order valence-corrected chi connectivity index (χ3v) is 4.09. The van der Waals surface area contributed by atoms with Crippen molar-refractivity contribution in [2.75, 3.05) is 0 Å². The van der Waals surface area contributed by atoms with Gasteiger partial charge in [-0.2, -0.15) is 0 Å². The molecular formula is C6H15O2PY2. The molecule has 0 unspecified atom stereocenters. The first-order chi connectivity index (χ1) is 3.81. The quantitative estimate of drug-likeness (QED) is 0.753. The average molecular weight is 328 g/mol. The molecule has 0 aliphatic rings. The van der Waals surface area contributed by atoms with Crippen molar-refractivity contribution >= 4 is 13.6 Å². The Hall–Kier alpha value is 2.43. The van der Waals surface area contributed by atoms with Gasteiger partial charge in [-0.05, 0) is 6.42 Å². The summed E-state index contributed by atoms with van der Waals surface area (Å²) in [6.45, 7) is 5.55. The average Bonchev–Trinajstić information content (AvgIpc) is 1.64. The van der Waals surface area contributed by atoms with Crippen molar-refractivity contribution in [3.63, 3.8) is 0 Å². The molecule has 0 atom stereocenters. The molecule has 0 aromatic carbocycles. The van der Waals surface area contributed by atoms with Crippen LogP contribution in [0.4, 0.5) is 0 Å². The van der Waals surface area contributed by atoms with Crippen LogP contribution >= 0.6 is 7.34 Å². The third kappa shape index (κ3) is 6.49. The summed E-state index contributed by atoms with van der Waals surface area (Å²) in [5.74, 6) is 0. The van der Waals surface area contributed by atoms with E-state index < -0.39 is 12.5 Å². The first-order valence-corrected chi connectivity index (χ1v) is 4.88. The predicted octanol–water partition coefficient (Wildman–Crippen LogP) is 1.43. The van der Waals surface area contributed by atoms with E-state index in [1.54, 1.807) is 0 Å². The van der Waals surface area contributed by atoms with Gasteiger partial charge in [0.1, 0.15) is 7.34 Å². The second-order valence-electron chi connectivity index (χ2n) is 2.90. The molecule has 0 saturated carbocycles. The van der Waals surface area contributed by atoms with Crippen molar-refractivity contribution in [2.45, 2.75) is 32.3 Å². The molecule has 2 nitrogen and oxygen atoms in total. The Kier molecular flexibility index (Phi) is 11.8. The van der Waals surface area contributed by atoms with E-state index in [0.29, 0.717) is 0 Å². The predicted molar refractivity (Wildman–Crippen MR) is 42.8 cm³/mol. The van der Waals surface area contributed by atoms with Crippen LogP contribution in [-0.4, -0.2) is 21.2 Å². The molecule has 0 aliphatic heterocycles. The fourth-order valence-corrected chi connectivity index (χ4v) is 0.760. The van der Waals surface area contributed by atoms with Gasteiger partial charge in [0.05, 0.1) is 0 Å². The molecule has 0 rings (SSSR count). The first kappa shape index (κ1) is 19.1. The van der Waals surface area contributed by atoms with Crippen LogP contribution in [0.1, 0.15) is 27.2 Å². The fraction of sp³-hybridized carbons (Fsp3) is 0.833. The molecule has 2 N–H and O–H groups in total. The Balaban J connectivity index is -0.000000320. The van der Waals surface area contributed by atoms with Crippen molar-refractivity contribution in [3.8, 4) is 0 Å². The molecule has 0 bridgehead atoms. The minimum atomic E-state index is -2.87. The molecule has 11 heavy (non-hydrogen) atoms. The maximum atomic E-state index is 9.10. The molecule has 5 heteroatoms. The first-order valence-electron chi connectivity index (χ1n) is 3.00. The number of hydrogen-bond donors (Lipinski definition) is 2. The van der Waals surface area contributed by atoms with Crippen molar-refractivity contribution in [2.24, 2.45) is 0 Å². The summed E-state index contributed by atoms with van der Waals surface area (Å²) in [7, 11) is -2.87. The Morgan fingerprint density at radius 1 is 1.27 bits per heavy atom. The molecule has 0 heterocycles. The fourth-order valence-electron chi connectivity index (χ4n) is 0.253. The zero-order valence-corrected chi connectivity index (χ0v) is 14.0. The van der Waals surface area contributed by atoms with Gasteiger partial charge < -0.3 is 9.79 Å². The summed E-state index contributed by atoms with van der Waals surface area (Å²) in [5.41, 5.74) is 0. The van der Waals surface area contributed by atoms with Crippen LogP contribution in [0, 0.1) is 0 Å². The maximum absolute atomic E-state index is 9.10. The standard InChI is InChI=1S/C6H15O2P.2Y/c1-5-6(2,3)9(4,7)8;;/h7-8H,4-5H2,1-3H3;;. The molecule has 0 saturated heterocycles. The third-order valence-electron chi connectivity index (χ3n) is 1.83. The van der Waals surface area contributed by atoms with Gasteiger partial charge in [-0.25, -0.2) is 0 Å². The van der Waals surface area contributed by atoms with Gasteiger partial charge in [-0.15, -0.1) is 0 Å². The molecule has 0 fully saturated rings. The van der Waals surface area contributed by atoms with Crippen LogP contribution < -0.4 is 0 Å². The number of hydrogen-bond acceptors (Lipinski definition) is 2. The maximum Gasteiger partial charge on any atom is 0.117 e. The van der Waals surface area contributed by atoms with E-state index in [4.69, 9.17) is 9.79 Å². The van der Waals surface area contributed by atoms with E-state index in [2.05, 4.69) is 6.30 Å². The second kappa shape index (κ2) is 6.82. The van der Waals surface area contributed by atoms with Crippen molar-refractivity contribution in [1.82, 2.24) is 0 Å². The Labute approximate surface area is 119 Å². The molecule has 0 aromatic rings. The van der Waals surface area contributed by atoms with Gasteiger partial charge in [-0.1, -0.05) is 27.1 Å². The van der Waals surface area contributed by atoms with E-state index in [9.17, 15) is 0 Å². The van der Waals surface area contributed by atoms with Crippen molar-refractivity contribution in [1.29, 1.82) is 0 Å². The summed E-state index contributed by atoms with van der Waals surface area (Å²) in [5, 5.41) is -0.410. The molecule has 62 valence electrons. The van der Waals surface area contributed by atoms with Gasteiger partial charge in [0.25, 0.3) is 0 Å². The summed E-state index contributed by atoms with van der Waals surface area (Å²) < 4.78 is 0. The van der Waals surface area contributed by atoms with E-state index in [-0.39, 0.29) is 65.4 Å². The van der Waals surface area contributed by atoms with Gasteiger partial charge in [0.15, 0.2) is 0 Å². The van der Waals surface area contributed by atoms with Crippen LogP contribution in [-0.2, 0) is 65.4 Å². The van der Waals surface area contributed by atoms with E-state index in [1.807, 2.05) is 20.8 Å². The largest absolute Gasteiger partial charge is 0.353 e. The Morgan fingerprint density at radius 2 is 1.55 bits per heavy atom. The van der Waals surface area contributed by atoms with Crippen LogP contribution in [0.5, 0.6) is 0 Å². The smallest absolute Gasteiger partial charge is 0.117 e. The van der Waals surface area contributed by atoms with Gasteiger partial charge in [-0.3, -0.25) is 0 Å². The van der Waals surface area contributed by atoms with Crippen molar-refractivity contribution in [3.05, 3.63) is 0 Å². The second-order valence-corrected chi connectivity index (χ2v) is 5.57. The molecule has 0 aromatic heterocycles. The minimum Gasteiger partial charge on any atom is -0.353 e. The van der Waals surface area contributed by atoms with E-state index in [0.717, 1.165) is 6.42 Å². The van der Waals surface area contributed by atoms with Crippen LogP contribution in [0.15, 0.2) is 0 Å². The molecule has 0 amide bonds. The monoisotopic (exact) mass is 328 g/mol. The van der Waals surface area contributed by atoms with Crippen LogP contribution in [0.3, 0.4) is 0 Å². The Morgan fingerprint density at radius 3 is 1.55 bits per heavy atom. The SMILES string of the molecule is C=P(O)(O)C(C)(C)CC.[Y].[Y]. The topological polar surface area (TPSA) is 40.5 Å². The molecule has 2 radical (unpaired) electrons. The summed E-state index contributed by atoms with van der Waals surface area (Å²) in [6.07, 6.45) is 4.08. The zero-order valence-electron chi connectivity index (χ0n) is 7.41. The summed E-state index contributed by atoms with van der Waals surface area (Å²) >= 11 is 0. The van der Waals surface area contributed by atoms with Crippen LogP contribution in [0.2, 0.25) is 0 Å². The van der Waals surface area contributed by atoms with Gasteiger partial charge in [0.2, 0.25) is 0 Å². The van der Waals surface area contributed by atoms with Crippen molar-refractivity contribution < 1.29 is 75.2 Å². The normalized spacial score (nSPS) is 11.4. The molecule has 0 spiro atoms. The number of rotatable bonds is 2. The zero-order chi connectivity index (χ0) is 7.71. The van der Waals surface area contributed by atoms with E-state index >= 15 is 0 Å².